The molecule has 2 N–H and O–H groups in total. The van der Waals surface area contributed by atoms with Gasteiger partial charge in [-0.25, -0.2) is 0 Å². The summed E-state index contributed by atoms with van der Waals surface area (Å²) < 4.78 is 0.956. The predicted molar refractivity (Wildman–Crippen MR) is 86.2 cm³/mol. The molecule has 1 heterocycles. The Morgan fingerprint density at radius 2 is 2.10 bits per heavy atom. The first kappa shape index (κ1) is 15.8. The van der Waals surface area contributed by atoms with E-state index in [1.165, 1.54) is 6.42 Å². The molecular weight excluding hydrogens is 340 g/mol. The molecule has 5 heteroatoms. The summed E-state index contributed by atoms with van der Waals surface area (Å²) in [7, 11) is 0. The molecule has 2 aliphatic rings. The summed E-state index contributed by atoms with van der Waals surface area (Å²) in [6.07, 6.45) is 2.29. The number of nitrogens with zero attached hydrogens (tertiary/aromatic N) is 1. The molecule has 0 spiro atoms. The average molecular weight is 360 g/mol. The molecule has 0 bridgehead atoms. The van der Waals surface area contributed by atoms with Crippen LogP contribution in [0.25, 0.3) is 0 Å². The first-order valence-corrected chi connectivity index (χ1v) is 7.66. The number of aryl methyl sites for hydroxylation is 1. The van der Waals surface area contributed by atoms with Crippen LogP contribution in [0, 0.1) is 18.8 Å². The van der Waals surface area contributed by atoms with E-state index in [4.69, 9.17) is 5.73 Å². The molecule has 20 heavy (non-hydrogen) atoms. The summed E-state index contributed by atoms with van der Waals surface area (Å²) in [5.74, 6) is 1.28. The number of carbonyl (C=O) groups is 1. The van der Waals surface area contributed by atoms with Crippen molar-refractivity contribution < 1.29 is 4.79 Å². The zero-order valence-electron chi connectivity index (χ0n) is 11.5. The first-order valence-electron chi connectivity index (χ1n) is 6.87. The summed E-state index contributed by atoms with van der Waals surface area (Å²) in [6, 6.07) is 6.17. The fraction of sp³-hybridized carbons (Fsp3) is 0.533. The Morgan fingerprint density at radius 3 is 2.80 bits per heavy atom. The van der Waals surface area contributed by atoms with E-state index in [0.29, 0.717) is 11.8 Å². The number of likely N-dealkylation sites (tertiary alicyclic amines) is 1. The molecule has 1 aromatic carbocycles. The molecule has 0 aromatic heterocycles. The molecule has 3 unspecified atom stereocenters. The Balaban J connectivity index is 0.00000147. The highest BCUT2D eigenvalue weighted by Crippen LogP contribution is 2.37. The smallest absolute Gasteiger partial charge is 0.254 e. The lowest BCUT2D eigenvalue weighted by molar-refractivity contribution is 0.0779. The van der Waals surface area contributed by atoms with Crippen molar-refractivity contribution in [1.82, 2.24) is 4.90 Å². The van der Waals surface area contributed by atoms with Crippen molar-refractivity contribution in [2.75, 3.05) is 13.1 Å². The fourth-order valence-electron chi connectivity index (χ4n) is 3.47. The van der Waals surface area contributed by atoms with Crippen LogP contribution in [0.2, 0.25) is 0 Å². The van der Waals surface area contributed by atoms with Crippen LogP contribution >= 0.6 is 28.3 Å². The maximum atomic E-state index is 12.6. The lowest BCUT2D eigenvalue weighted by Gasteiger charge is -2.20. The first-order chi connectivity index (χ1) is 9.06. The molecular formula is C15H20BrClN2O. The van der Waals surface area contributed by atoms with Gasteiger partial charge in [-0.2, -0.15) is 0 Å². The summed E-state index contributed by atoms with van der Waals surface area (Å²) in [4.78, 5) is 14.6. The van der Waals surface area contributed by atoms with Crippen LogP contribution in [0.4, 0.5) is 0 Å². The second kappa shape index (κ2) is 6.04. The molecule has 1 aliphatic heterocycles. The normalized spacial score (nSPS) is 28.1. The highest BCUT2D eigenvalue weighted by molar-refractivity contribution is 9.10. The van der Waals surface area contributed by atoms with Gasteiger partial charge < -0.3 is 10.6 Å². The number of benzene rings is 1. The molecule has 3 rings (SSSR count). The summed E-state index contributed by atoms with van der Waals surface area (Å²) in [5, 5.41) is 0. The van der Waals surface area contributed by atoms with Gasteiger partial charge in [-0.05, 0) is 49.3 Å². The Kier molecular flexibility index (Phi) is 4.77. The van der Waals surface area contributed by atoms with Crippen LogP contribution in [0.15, 0.2) is 22.7 Å². The maximum absolute atomic E-state index is 12.6. The number of carbonyl (C=O) groups excluding carboxylic acids is 1. The highest BCUT2D eigenvalue weighted by Gasteiger charge is 2.42. The lowest BCUT2D eigenvalue weighted by atomic mass is 9.98. The maximum Gasteiger partial charge on any atom is 0.254 e. The summed E-state index contributed by atoms with van der Waals surface area (Å²) >= 11 is 3.44. The third-order valence-electron chi connectivity index (χ3n) is 4.63. The van der Waals surface area contributed by atoms with E-state index in [9.17, 15) is 4.79 Å². The molecule has 3 atom stereocenters. The molecule has 2 fully saturated rings. The molecule has 110 valence electrons. The second-order valence-corrected chi connectivity index (χ2v) is 6.75. The minimum atomic E-state index is 0. The zero-order chi connectivity index (χ0) is 13.6. The third kappa shape index (κ3) is 2.74. The van der Waals surface area contributed by atoms with Crippen molar-refractivity contribution in [3.05, 3.63) is 33.8 Å². The number of amides is 1. The number of hydrogen-bond acceptors (Lipinski definition) is 2. The van der Waals surface area contributed by atoms with Gasteiger partial charge in [0.25, 0.3) is 5.91 Å². The number of hydrogen-bond donors (Lipinski definition) is 1. The van der Waals surface area contributed by atoms with Gasteiger partial charge in [-0.3, -0.25) is 4.79 Å². The SMILES string of the molecule is Cc1ccc(Br)cc1C(=O)N1CC2CCC(N)C2C1.Cl. The third-order valence-corrected chi connectivity index (χ3v) is 5.12. The van der Waals surface area contributed by atoms with Gasteiger partial charge in [0.05, 0.1) is 0 Å². The van der Waals surface area contributed by atoms with E-state index < -0.39 is 0 Å². The van der Waals surface area contributed by atoms with Crippen molar-refractivity contribution in [1.29, 1.82) is 0 Å². The van der Waals surface area contributed by atoms with Crippen LogP contribution < -0.4 is 5.73 Å². The average Bonchev–Trinajstić information content (AvgIpc) is 2.94. The van der Waals surface area contributed by atoms with Gasteiger partial charge in [0, 0.05) is 29.2 Å². The molecule has 1 saturated heterocycles. The monoisotopic (exact) mass is 358 g/mol. The minimum absolute atomic E-state index is 0. The Hall–Kier alpha value is -0.580. The van der Waals surface area contributed by atoms with Gasteiger partial charge in [0.1, 0.15) is 0 Å². The lowest BCUT2D eigenvalue weighted by Crippen LogP contribution is -2.33. The minimum Gasteiger partial charge on any atom is -0.338 e. The molecule has 1 aromatic rings. The molecule has 1 amide bonds. The van der Waals surface area contributed by atoms with Crippen molar-refractivity contribution in [3.8, 4) is 0 Å². The number of halogens is 2. The molecule has 1 saturated carbocycles. The van der Waals surface area contributed by atoms with Crippen LogP contribution in [-0.2, 0) is 0 Å². The second-order valence-electron chi connectivity index (χ2n) is 5.83. The van der Waals surface area contributed by atoms with E-state index in [1.807, 2.05) is 30.0 Å². The van der Waals surface area contributed by atoms with Crippen LogP contribution in [0.3, 0.4) is 0 Å². The van der Waals surface area contributed by atoms with Gasteiger partial charge in [-0.1, -0.05) is 22.0 Å². The predicted octanol–water partition coefficient (Wildman–Crippen LogP) is 2.99. The van der Waals surface area contributed by atoms with Crippen molar-refractivity contribution in [3.63, 3.8) is 0 Å². The van der Waals surface area contributed by atoms with Gasteiger partial charge in [0.15, 0.2) is 0 Å². The van der Waals surface area contributed by atoms with Crippen LogP contribution in [0.5, 0.6) is 0 Å². The van der Waals surface area contributed by atoms with Gasteiger partial charge >= 0.3 is 0 Å². The van der Waals surface area contributed by atoms with Crippen molar-refractivity contribution >= 4 is 34.2 Å². The number of rotatable bonds is 1. The topological polar surface area (TPSA) is 46.3 Å². The fourth-order valence-corrected chi connectivity index (χ4v) is 3.83. The van der Waals surface area contributed by atoms with Gasteiger partial charge in [-0.15, -0.1) is 12.4 Å². The highest BCUT2D eigenvalue weighted by atomic mass is 79.9. The Labute approximate surface area is 134 Å². The van der Waals surface area contributed by atoms with E-state index in [2.05, 4.69) is 15.9 Å². The quantitative estimate of drug-likeness (QED) is 0.838. The zero-order valence-corrected chi connectivity index (χ0v) is 13.9. The van der Waals surface area contributed by atoms with Crippen LogP contribution in [0.1, 0.15) is 28.8 Å². The molecule has 3 nitrogen and oxygen atoms in total. The summed E-state index contributed by atoms with van der Waals surface area (Å²) in [5.41, 5.74) is 7.97. The van der Waals surface area contributed by atoms with Crippen molar-refractivity contribution in [2.45, 2.75) is 25.8 Å². The van der Waals surface area contributed by atoms with E-state index in [1.54, 1.807) is 0 Å². The van der Waals surface area contributed by atoms with E-state index >= 15 is 0 Å². The standard InChI is InChI=1S/C15H19BrN2O.ClH/c1-9-2-4-11(16)6-12(9)15(19)18-7-10-3-5-14(17)13(10)8-18;/h2,4,6,10,13-14H,3,5,7-8,17H2,1H3;1H. The molecule has 0 radical (unpaired) electrons. The van der Waals surface area contributed by atoms with Gasteiger partial charge in [0.2, 0.25) is 0 Å². The Morgan fingerprint density at radius 1 is 1.35 bits per heavy atom. The number of fused-ring (bicyclic) bond motifs is 1. The molecule has 1 aliphatic carbocycles. The van der Waals surface area contributed by atoms with E-state index in [-0.39, 0.29) is 24.4 Å². The number of nitrogens with two attached hydrogens (primary N) is 1. The Bertz CT molecular complexity index is 523. The largest absolute Gasteiger partial charge is 0.338 e. The van der Waals surface area contributed by atoms with Crippen LogP contribution in [-0.4, -0.2) is 29.9 Å². The summed E-state index contributed by atoms with van der Waals surface area (Å²) in [6.45, 7) is 3.70. The van der Waals surface area contributed by atoms with Crippen molar-refractivity contribution in [2.24, 2.45) is 17.6 Å². The van der Waals surface area contributed by atoms with E-state index in [0.717, 1.165) is 35.1 Å².